The standard InChI is InChI=1S/C31H27ClN2O5S/c1-4-12-37-23-11-7-18(14-25(23)36-5-2)27-20-10-8-19(15-24(20)39-30(34)22(27)16-33)38-31(35)29-28(32)21-9-6-17(3)13-26(21)40-29/h6-11,13-15,27H,4-5,12,34H2,1-3H3. The zero-order valence-electron chi connectivity index (χ0n) is 22.2. The van der Waals surface area contributed by atoms with E-state index in [2.05, 4.69) is 6.07 Å². The average molecular weight is 575 g/mol. The number of rotatable bonds is 8. The quantitative estimate of drug-likeness (QED) is 0.172. The number of hydrogen-bond acceptors (Lipinski definition) is 8. The summed E-state index contributed by atoms with van der Waals surface area (Å²) in [5, 5.41) is 11.1. The van der Waals surface area contributed by atoms with Crippen LogP contribution in [0.15, 0.2) is 66.1 Å². The normalized spacial score (nSPS) is 14.3. The fourth-order valence-electron chi connectivity index (χ4n) is 4.60. The molecule has 0 spiro atoms. The first-order valence-corrected chi connectivity index (χ1v) is 14.1. The predicted octanol–water partition coefficient (Wildman–Crippen LogP) is 7.49. The minimum Gasteiger partial charge on any atom is -0.490 e. The minimum atomic E-state index is -0.568. The Kier molecular flexibility index (Phi) is 7.88. The van der Waals surface area contributed by atoms with Gasteiger partial charge in [-0.05, 0) is 55.7 Å². The highest BCUT2D eigenvalue weighted by atomic mass is 35.5. The van der Waals surface area contributed by atoms with E-state index < -0.39 is 11.9 Å². The van der Waals surface area contributed by atoms with Crippen molar-refractivity contribution in [3.63, 3.8) is 0 Å². The Morgan fingerprint density at radius 1 is 1.10 bits per heavy atom. The Hall–Kier alpha value is -4.19. The fourth-order valence-corrected chi connectivity index (χ4v) is 6.09. The SMILES string of the molecule is CCCOc1ccc(C2C(C#N)=C(N)Oc3cc(OC(=O)c4sc5cc(C)ccc5c4Cl)ccc32)cc1OCC. The van der Waals surface area contributed by atoms with Gasteiger partial charge in [-0.3, -0.25) is 0 Å². The van der Waals surface area contributed by atoms with Gasteiger partial charge in [0.05, 0.1) is 24.2 Å². The highest BCUT2D eigenvalue weighted by Gasteiger charge is 2.32. The van der Waals surface area contributed by atoms with E-state index >= 15 is 0 Å². The number of carbonyl (C=O) groups is 1. The number of fused-ring (bicyclic) bond motifs is 2. The van der Waals surface area contributed by atoms with Crippen molar-refractivity contribution in [1.29, 1.82) is 5.26 Å². The lowest BCUT2D eigenvalue weighted by molar-refractivity contribution is 0.0740. The summed E-state index contributed by atoms with van der Waals surface area (Å²) in [7, 11) is 0. The first-order valence-electron chi connectivity index (χ1n) is 12.9. The van der Waals surface area contributed by atoms with Crippen LogP contribution in [0, 0.1) is 18.3 Å². The molecule has 2 N–H and O–H groups in total. The molecule has 3 aromatic carbocycles. The van der Waals surface area contributed by atoms with E-state index in [9.17, 15) is 10.1 Å². The number of halogens is 1. The second-order valence-electron chi connectivity index (χ2n) is 9.25. The van der Waals surface area contributed by atoms with Crippen molar-refractivity contribution < 1.29 is 23.7 Å². The Labute approximate surface area is 241 Å². The molecule has 1 unspecified atom stereocenters. The summed E-state index contributed by atoms with van der Waals surface area (Å²) in [5.41, 5.74) is 9.03. The van der Waals surface area contributed by atoms with Crippen molar-refractivity contribution in [2.24, 2.45) is 5.73 Å². The molecule has 0 aliphatic carbocycles. The molecule has 0 saturated heterocycles. The molecule has 4 aromatic rings. The van der Waals surface area contributed by atoms with Crippen LogP contribution in [0.25, 0.3) is 10.1 Å². The van der Waals surface area contributed by atoms with Gasteiger partial charge in [0.2, 0.25) is 5.88 Å². The van der Waals surface area contributed by atoms with Gasteiger partial charge in [-0.2, -0.15) is 5.26 Å². The summed E-state index contributed by atoms with van der Waals surface area (Å²) < 4.78 is 24.1. The van der Waals surface area contributed by atoms with Crippen LogP contribution in [0.4, 0.5) is 0 Å². The van der Waals surface area contributed by atoms with Crippen molar-refractivity contribution in [3.8, 4) is 29.1 Å². The number of aryl methyl sites for hydroxylation is 1. The number of nitriles is 1. The van der Waals surface area contributed by atoms with E-state index in [4.69, 9.17) is 36.3 Å². The number of esters is 1. The second-order valence-corrected chi connectivity index (χ2v) is 10.7. The molecule has 7 nitrogen and oxygen atoms in total. The summed E-state index contributed by atoms with van der Waals surface area (Å²) in [6.45, 7) is 6.93. The lowest BCUT2D eigenvalue weighted by Gasteiger charge is -2.27. The Bertz CT molecular complexity index is 1690. The van der Waals surface area contributed by atoms with E-state index in [1.54, 1.807) is 18.2 Å². The smallest absolute Gasteiger partial charge is 0.355 e. The van der Waals surface area contributed by atoms with Gasteiger partial charge in [-0.1, -0.05) is 42.8 Å². The van der Waals surface area contributed by atoms with Crippen LogP contribution in [0.1, 0.15) is 52.5 Å². The Balaban J connectivity index is 1.48. The largest absolute Gasteiger partial charge is 0.490 e. The molecule has 1 atom stereocenters. The maximum absolute atomic E-state index is 13.1. The predicted molar refractivity (Wildman–Crippen MR) is 156 cm³/mol. The highest BCUT2D eigenvalue weighted by molar-refractivity contribution is 7.21. The highest BCUT2D eigenvalue weighted by Crippen LogP contribution is 2.45. The fraction of sp³-hybridized carbons (Fsp3) is 0.226. The molecule has 40 heavy (non-hydrogen) atoms. The third-order valence-corrected chi connectivity index (χ3v) is 8.07. The molecule has 0 radical (unpaired) electrons. The van der Waals surface area contributed by atoms with Crippen LogP contribution in [0.2, 0.25) is 5.02 Å². The summed E-state index contributed by atoms with van der Waals surface area (Å²) >= 11 is 7.79. The summed E-state index contributed by atoms with van der Waals surface area (Å²) in [5.74, 6) is 0.758. The monoisotopic (exact) mass is 574 g/mol. The zero-order valence-corrected chi connectivity index (χ0v) is 23.8. The zero-order chi connectivity index (χ0) is 28.4. The molecule has 204 valence electrons. The van der Waals surface area contributed by atoms with E-state index in [0.717, 1.165) is 27.6 Å². The number of nitrogens with two attached hydrogens (primary N) is 1. The minimum absolute atomic E-state index is 0.0179. The van der Waals surface area contributed by atoms with Crippen LogP contribution >= 0.6 is 22.9 Å². The van der Waals surface area contributed by atoms with Crippen LogP contribution in [-0.2, 0) is 0 Å². The van der Waals surface area contributed by atoms with E-state index in [1.165, 1.54) is 11.3 Å². The van der Waals surface area contributed by atoms with Gasteiger partial charge >= 0.3 is 5.97 Å². The molecule has 2 heterocycles. The molecule has 5 rings (SSSR count). The van der Waals surface area contributed by atoms with Crippen LogP contribution < -0.4 is 24.7 Å². The Morgan fingerprint density at radius 2 is 1.93 bits per heavy atom. The first-order chi connectivity index (χ1) is 19.3. The first kappa shape index (κ1) is 27.4. The van der Waals surface area contributed by atoms with Crippen molar-refractivity contribution in [2.75, 3.05) is 13.2 Å². The van der Waals surface area contributed by atoms with Gasteiger partial charge in [-0.15, -0.1) is 11.3 Å². The lowest BCUT2D eigenvalue weighted by Crippen LogP contribution is -2.21. The molecule has 1 aliphatic heterocycles. The number of benzene rings is 3. The number of thiophene rings is 1. The number of carbonyl (C=O) groups excluding carboxylic acids is 1. The molecular weight excluding hydrogens is 548 g/mol. The second kappa shape index (κ2) is 11.5. The maximum Gasteiger partial charge on any atom is 0.355 e. The molecular formula is C31H27ClN2O5S. The molecule has 9 heteroatoms. The number of hydrogen-bond donors (Lipinski definition) is 1. The topological polar surface area (TPSA) is 104 Å². The summed E-state index contributed by atoms with van der Waals surface area (Å²) in [6.07, 6.45) is 0.861. The Morgan fingerprint density at radius 3 is 2.67 bits per heavy atom. The van der Waals surface area contributed by atoms with Crippen LogP contribution in [0.5, 0.6) is 23.0 Å². The number of ether oxygens (including phenoxy) is 4. The van der Waals surface area contributed by atoms with Gasteiger partial charge in [0.1, 0.15) is 28.0 Å². The third-order valence-electron chi connectivity index (χ3n) is 6.43. The number of nitrogens with zero attached hydrogens (tertiary/aromatic N) is 1. The molecule has 1 aromatic heterocycles. The van der Waals surface area contributed by atoms with E-state index in [-0.39, 0.29) is 17.2 Å². The van der Waals surface area contributed by atoms with Crippen molar-refractivity contribution in [2.45, 2.75) is 33.1 Å². The molecule has 0 saturated carbocycles. The lowest BCUT2D eigenvalue weighted by atomic mass is 9.83. The van der Waals surface area contributed by atoms with Crippen LogP contribution in [0.3, 0.4) is 0 Å². The third kappa shape index (κ3) is 5.18. The van der Waals surface area contributed by atoms with Crippen molar-refractivity contribution >= 4 is 39.0 Å². The molecule has 0 amide bonds. The molecule has 0 fully saturated rings. The summed E-state index contributed by atoms with van der Waals surface area (Å²) in [4.78, 5) is 13.4. The summed E-state index contributed by atoms with van der Waals surface area (Å²) in [6, 6.07) is 18.6. The van der Waals surface area contributed by atoms with Gasteiger partial charge < -0.3 is 24.7 Å². The van der Waals surface area contributed by atoms with E-state index in [0.29, 0.717) is 45.9 Å². The van der Waals surface area contributed by atoms with Crippen molar-refractivity contribution in [3.05, 3.63) is 92.6 Å². The molecule has 1 aliphatic rings. The maximum atomic E-state index is 13.1. The number of allylic oxidation sites excluding steroid dienone is 1. The molecule has 0 bridgehead atoms. The van der Waals surface area contributed by atoms with Crippen LogP contribution in [-0.4, -0.2) is 19.2 Å². The van der Waals surface area contributed by atoms with Gasteiger partial charge in [0, 0.05) is 21.7 Å². The van der Waals surface area contributed by atoms with Crippen molar-refractivity contribution in [1.82, 2.24) is 0 Å². The van der Waals surface area contributed by atoms with E-state index in [1.807, 2.05) is 57.2 Å². The average Bonchev–Trinajstić information content (AvgIpc) is 3.27. The van der Waals surface area contributed by atoms with Gasteiger partial charge in [0.25, 0.3) is 0 Å². The van der Waals surface area contributed by atoms with Gasteiger partial charge in [0.15, 0.2) is 11.5 Å². The van der Waals surface area contributed by atoms with Gasteiger partial charge in [-0.25, -0.2) is 4.79 Å².